The van der Waals surface area contributed by atoms with Crippen molar-refractivity contribution in [2.45, 2.75) is 25.0 Å². The second-order valence-corrected chi connectivity index (χ2v) is 9.05. The molecule has 8 nitrogen and oxygen atoms in total. The van der Waals surface area contributed by atoms with E-state index in [9.17, 15) is 20.0 Å². The van der Waals surface area contributed by atoms with E-state index in [1.165, 1.54) is 12.1 Å². The minimum atomic E-state index is -1.93. The number of likely N-dealkylation sites (tertiary alicyclic amines) is 1. The van der Waals surface area contributed by atoms with E-state index in [4.69, 9.17) is 9.47 Å². The Hall–Kier alpha value is -3.75. The number of aliphatic hydroxyl groups is 1. The van der Waals surface area contributed by atoms with Gasteiger partial charge in [0.2, 0.25) is 5.60 Å². The van der Waals surface area contributed by atoms with Crippen molar-refractivity contribution in [3.8, 4) is 11.5 Å². The monoisotopic (exact) mass is 474 g/mol. The van der Waals surface area contributed by atoms with Crippen LogP contribution < -0.4 is 4.74 Å². The van der Waals surface area contributed by atoms with E-state index in [1.54, 1.807) is 60.7 Å². The summed E-state index contributed by atoms with van der Waals surface area (Å²) in [4.78, 5) is 26.0. The lowest BCUT2D eigenvalue weighted by molar-refractivity contribution is -0.384. The number of rotatable bonds is 6. The van der Waals surface area contributed by atoms with Crippen molar-refractivity contribution < 1.29 is 24.3 Å². The Bertz CT molecular complexity index is 1190. The predicted molar refractivity (Wildman–Crippen MR) is 128 cm³/mol. The highest BCUT2D eigenvalue weighted by Gasteiger charge is 2.48. The third kappa shape index (κ3) is 4.50. The van der Waals surface area contributed by atoms with Crippen LogP contribution in [0.15, 0.2) is 72.8 Å². The lowest BCUT2D eigenvalue weighted by atomic mass is 9.83. The minimum Gasteiger partial charge on any atom is -0.463 e. The van der Waals surface area contributed by atoms with Crippen LogP contribution in [0, 0.1) is 16.0 Å². The third-order valence-corrected chi connectivity index (χ3v) is 6.78. The third-order valence-electron chi connectivity index (χ3n) is 6.78. The van der Waals surface area contributed by atoms with E-state index in [1.807, 2.05) is 0 Å². The molecule has 0 bridgehead atoms. The van der Waals surface area contributed by atoms with E-state index in [-0.39, 0.29) is 18.2 Å². The van der Waals surface area contributed by atoms with E-state index in [0.29, 0.717) is 22.6 Å². The molecule has 0 aliphatic carbocycles. The summed E-state index contributed by atoms with van der Waals surface area (Å²) < 4.78 is 11.6. The molecule has 0 saturated carbocycles. The van der Waals surface area contributed by atoms with Gasteiger partial charge in [0.25, 0.3) is 5.69 Å². The number of para-hydroxylation sites is 2. The Balaban J connectivity index is 1.20. The molecule has 1 fully saturated rings. The largest absolute Gasteiger partial charge is 0.463 e. The maximum absolute atomic E-state index is 13.3. The summed E-state index contributed by atoms with van der Waals surface area (Å²) in [5.74, 6) is 0.366. The van der Waals surface area contributed by atoms with Crippen LogP contribution in [0.5, 0.6) is 11.5 Å². The molecule has 0 aromatic heterocycles. The molecule has 2 heterocycles. The molecule has 180 valence electrons. The molecular formula is C27H26N2O6. The number of ether oxygens (including phenoxy) is 2. The van der Waals surface area contributed by atoms with Crippen LogP contribution in [0.4, 0.5) is 5.69 Å². The fourth-order valence-electron chi connectivity index (χ4n) is 4.78. The molecule has 3 aromatic carbocycles. The molecule has 1 N–H and O–H groups in total. The summed E-state index contributed by atoms with van der Waals surface area (Å²) in [5, 5.41) is 22.5. The first-order valence-corrected chi connectivity index (χ1v) is 11.7. The lowest BCUT2D eigenvalue weighted by Crippen LogP contribution is -2.42. The van der Waals surface area contributed by atoms with Gasteiger partial charge in [-0.05, 0) is 49.5 Å². The maximum Gasteiger partial charge on any atom is 0.348 e. The van der Waals surface area contributed by atoms with Crippen LogP contribution in [0.1, 0.15) is 29.5 Å². The summed E-state index contributed by atoms with van der Waals surface area (Å²) in [6.45, 7) is 2.63. The minimum absolute atomic E-state index is 0.0886. The second-order valence-electron chi connectivity index (χ2n) is 9.05. The molecule has 35 heavy (non-hydrogen) atoms. The average molecular weight is 475 g/mol. The first-order valence-electron chi connectivity index (χ1n) is 11.7. The molecule has 2 aliphatic heterocycles. The second kappa shape index (κ2) is 9.48. The van der Waals surface area contributed by atoms with Gasteiger partial charge in [-0.1, -0.05) is 48.5 Å². The summed E-state index contributed by atoms with van der Waals surface area (Å²) >= 11 is 0. The number of carbonyl (C=O) groups excluding carboxylic acids is 1. The Morgan fingerprint density at radius 1 is 1.00 bits per heavy atom. The summed E-state index contributed by atoms with van der Waals surface area (Å²) in [5.41, 5.74) is -0.0595. The smallest absolute Gasteiger partial charge is 0.348 e. The van der Waals surface area contributed by atoms with Crippen molar-refractivity contribution >= 4 is 11.7 Å². The number of nitrogens with zero attached hydrogens (tertiary/aromatic N) is 2. The fraction of sp³-hybridized carbons (Fsp3) is 0.296. The highest BCUT2D eigenvalue weighted by atomic mass is 16.6. The number of fused-ring (bicyclic) bond motifs is 2. The molecule has 0 spiro atoms. The van der Waals surface area contributed by atoms with Crippen molar-refractivity contribution in [3.05, 3.63) is 99.6 Å². The van der Waals surface area contributed by atoms with Crippen LogP contribution in [-0.4, -0.2) is 40.6 Å². The van der Waals surface area contributed by atoms with Crippen LogP contribution >= 0.6 is 0 Å². The van der Waals surface area contributed by atoms with Crippen LogP contribution in [-0.2, 0) is 21.7 Å². The van der Waals surface area contributed by atoms with E-state index in [0.717, 1.165) is 38.0 Å². The Labute approximate surface area is 202 Å². The molecule has 1 saturated heterocycles. The Morgan fingerprint density at radius 3 is 2.14 bits per heavy atom. The number of hydrogen-bond acceptors (Lipinski definition) is 7. The standard InChI is InChI=1S/C27H26N2O6/c30-26(27(31)22-5-1-3-7-24(22)35-25-8-4-2-6-23(25)27)34-18-20-13-15-28(16-14-20)17-19-9-11-21(12-10-19)29(32)33/h1-12,20,31H,13-18H2. The van der Waals surface area contributed by atoms with Crippen molar-refractivity contribution in [1.82, 2.24) is 4.90 Å². The zero-order valence-electron chi connectivity index (χ0n) is 19.1. The molecule has 2 aliphatic rings. The molecule has 3 aromatic rings. The van der Waals surface area contributed by atoms with Crippen molar-refractivity contribution in [2.24, 2.45) is 5.92 Å². The molecule has 0 radical (unpaired) electrons. The van der Waals surface area contributed by atoms with Gasteiger partial charge in [-0.3, -0.25) is 15.0 Å². The molecule has 8 heteroatoms. The number of carbonyl (C=O) groups is 1. The zero-order valence-corrected chi connectivity index (χ0v) is 19.1. The highest BCUT2D eigenvalue weighted by molar-refractivity contribution is 5.88. The SMILES string of the molecule is O=C(OCC1CCN(Cc2ccc([N+](=O)[O-])cc2)CC1)C1(O)c2ccccc2Oc2ccccc21. The zero-order chi connectivity index (χ0) is 24.4. The number of nitro benzene ring substituents is 1. The number of hydrogen-bond donors (Lipinski definition) is 1. The molecule has 5 rings (SSSR count). The van der Waals surface area contributed by atoms with Gasteiger partial charge in [0, 0.05) is 29.8 Å². The van der Waals surface area contributed by atoms with Crippen LogP contribution in [0.2, 0.25) is 0 Å². The van der Waals surface area contributed by atoms with Crippen LogP contribution in [0.3, 0.4) is 0 Å². The average Bonchev–Trinajstić information content (AvgIpc) is 2.88. The summed E-state index contributed by atoms with van der Waals surface area (Å²) in [6, 6.07) is 20.6. The van der Waals surface area contributed by atoms with Crippen molar-refractivity contribution in [1.29, 1.82) is 0 Å². The molecular weight excluding hydrogens is 448 g/mol. The Kier molecular flexibility index (Phi) is 6.23. The first kappa shape index (κ1) is 23.0. The van der Waals surface area contributed by atoms with E-state index in [2.05, 4.69) is 4.90 Å². The van der Waals surface area contributed by atoms with Gasteiger partial charge in [-0.15, -0.1) is 0 Å². The predicted octanol–water partition coefficient (Wildman–Crippen LogP) is 4.39. The normalized spacial score (nSPS) is 17.1. The fourth-order valence-corrected chi connectivity index (χ4v) is 4.78. The van der Waals surface area contributed by atoms with Crippen molar-refractivity contribution in [2.75, 3.05) is 19.7 Å². The van der Waals surface area contributed by atoms with Gasteiger partial charge in [0.05, 0.1) is 11.5 Å². The molecule has 0 atom stereocenters. The summed E-state index contributed by atoms with van der Waals surface area (Å²) in [6.07, 6.45) is 1.71. The molecule has 0 amide bonds. The van der Waals surface area contributed by atoms with Gasteiger partial charge < -0.3 is 14.6 Å². The van der Waals surface area contributed by atoms with E-state index >= 15 is 0 Å². The maximum atomic E-state index is 13.3. The lowest BCUT2D eigenvalue weighted by Gasteiger charge is -2.35. The quantitative estimate of drug-likeness (QED) is 0.321. The number of nitro groups is 1. The first-order chi connectivity index (χ1) is 16.9. The topological polar surface area (TPSA) is 102 Å². The Morgan fingerprint density at radius 2 is 1.57 bits per heavy atom. The van der Waals surface area contributed by atoms with E-state index < -0.39 is 16.5 Å². The van der Waals surface area contributed by atoms with Crippen molar-refractivity contribution in [3.63, 3.8) is 0 Å². The number of piperidine rings is 1. The number of esters is 1. The van der Waals surface area contributed by atoms with Crippen LogP contribution in [0.25, 0.3) is 0 Å². The van der Waals surface area contributed by atoms with Gasteiger partial charge in [-0.2, -0.15) is 0 Å². The highest BCUT2D eigenvalue weighted by Crippen LogP contribution is 2.47. The number of non-ortho nitro benzene ring substituents is 1. The van der Waals surface area contributed by atoms with Gasteiger partial charge in [0.15, 0.2) is 0 Å². The number of benzene rings is 3. The van der Waals surface area contributed by atoms with Gasteiger partial charge >= 0.3 is 5.97 Å². The summed E-state index contributed by atoms with van der Waals surface area (Å²) in [7, 11) is 0. The molecule has 0 unspecified atom stereocenters. The van der Waals surface area contributed by atoms with Gasteiger partial charge in [0.1, 0.15) is 11.5 Å². The van der Waals surface area contributed by atoms with Gasteiger partial charge in [-0.25, -0.2) is 4.79 Å².